The molecule has 0 aromatic carbocycles. The van der Waals surface area contributed by atoms with E-state index in [4.69, 9.17) is 4.74 Å². The van der Waals surface area contributed by atoms with Crippen LogP contribution in [0.25, 0.3) is 0 Å². The van der Waals surface area contributed by atoms with Gasteiger partial charge in [0.2, 0.25) is 5.91 Å². The number of nitrogens with zero attached hydrogens (tertiary/aromatic N) is 1. The zero-order valence-electron chi connectivity index (χ0n) is 13.7. The fourth-order valence-corrected chi connectivity index (χ4v) is 3.32. The zero-order chi connectivity index (χ0) is 17.2. The summed E-state index contributed by atoms with van der Waals surface area (Å²) >= 11 is 0. The van der Waals surface area contributed by atoms with E-state index >= 15 is 0 Å². The van der Waals surface area contributed by atoms with Crippen LogP contribution in [-0.2, 0) is 19.1 Å². The maximum absolute atomic E-state index is 12.8. The first-order chi connectivity index (χ1) is 10.8. The molecule has 0 aromatic rings. The van der Waals surface area contributed by atoms with Crippen molar-refractivity contribution in [3.63, 3.8) is 0 Å². The highest BCUT2D eigenvalue weighted by Crippen LogP contribution is 2.38. The Bertz CT molecular complexity index is 486. The lowest BCUT2D eigenvalue weighted by molar-refractivity contribution is -0.149. The van der Waals surface area contributed by atoms with E-state index in [1.165, 1.54) is 12.0 Å². The Kier molecular flexibility index (Phi) is 5.13. The van der Waals surface area contributed by atoms with Crippen LogP contribution in [0.2, 0.25) is 0 Å². The summed E-state index contributed by atoms with van der Waals surface area (Å²) in [6.07, 6.45) is 1.19. The summed E-state index contributed by atoms with van der Waals surface area (Å²) in [4.78, 5) is 37.2. The summed E-state index contributed by atoms with van der Waals surface area (Å²) in [5, 5.41) is 12.0. The number of carbonyl (C=O) groups is 3. The molecule has 2 heterocycles. The van der Waals surface area contributed by atoms with Crippen molar-refractivity contribution in [2.75, 3.05) is 20.3 Å². The van der Waals surface area contributed by atoms with E-state index in [0.717, 1.165) is 12.8 Å². The smallest absolute Gasteiger partial charge is 0.407 e. The van der Waals surface area contributed by atoms with E-state index in [9.17, 15) is 19.5 Å². The van der Waals surface area contributed by atoms with Crippen molar-refractivity contribution in [2.24, 2.45) is 5.92 Å². The first kappa shape index (κ1) is 17.5. The quantitative estimate of drug-likeness (QED) is 0.783. The number of nitrogens with one attached hydrogen (secondary N) is 1. The number of likely N-dealkylation sites (tertiary alicyclic amines) is 1. The van der Waals surface area contributed by atoms with Gasteiger partial charge < -0.3 is 24.8 Å². The van der Waals surface area contributed by atoms with Crippen molar-refractivity contribution in [3.05, 3.63) is 0 Å². The van der Waals surface area contributed by atoms with E-state index in [0.29, 0.717) is 6.61 Å². The minimum atomic E-state index is -1.05. The fourth-order valence-electron chi connectivity index (χ4n) is 3.32. The first-order valence-corrected chi connectivity index (χ1v) is 7.81. The minimum absolute atomic E-state index is 0.197. The molecular formula is C15H24N2O6. The standard InChI is InChI=1S/C15H24N2O6/c1-9(2)11(16-14(21)22-3)12(18)17-8-15(5-4-6-23-15)7-10(17)13(19)20/h9-11H,4-8H2,1-3H3,(H,16,21)(H,19,20)/t10-,11?,15?/m0/s1. The zero-order valence-corrected chi connectivity index (χ0v) is 13.7. The van der Waals surface area contributed by atoms with E-state index in [-0.39, 0.29) is 18.9 Å². The minimum Gasteiger partial charge on any atom is -0.480 e. The van der Waals surface area contributed by atoms with Crippen LogP contribution in [0.3, 0.4) is 0 Å². The van der Waals surface area contributed by atoms with Crippen molar-refractivity contribution in [3.8, 4) is 0 Å². The monoisotopic (exact) mass is 328 g/mol. The van der Waals surface area contributed by atoms with Crippen molar-refractivity contribution >= 4 is 18.0 Å². The van der Waals surface area contributed by atoms with Gasteiger partial charge in [-0.05, 0) is 18.8 Å². The van der Waals surface area contributed by atoms with E-state index in [1.54, 1.807) is 13.8 Å². The van der Waals surface area contributed by atoms with Gasteiger partial charge in [-0.3, -0.25) is 4.79 Å². The number of alkyl carbamates (subject to hydrolysis) is 1. The molecule has 2 aliphatic rings. The highest BCUT2D eigenvalue weighted by Gasteiger charge is 2.52. The molecule has 130 valence electrons. The molecule has 2 aliphatic heterocycles. The Morgan fingerprint density at radius 1 is 1.39 bits per heavy atom. The lowest BCUT2D eigenvalue weighted by atomic mass is 9.97. The highest BCUT2D eigenvalue weighted by atomic mass is 16.5. The maximum Gasteiger partial charge on any atom is 0.407 e. The topological polar surface area (TPSA) is 105 Å². The molecule has 2 unspecified atom stereocenters. The third kappa shape index (κ3) is 3.57. The van der Waals surface area contributed by atoms with Gasteiger partial charge in [-0.15, -0.1) is 0 Å². The molecule has 0 aromatic heterocycles. The van der Waals surface area contributed by atoms with Gasteiger partial charge in [0.05, 0.1) is 19.3 Å². The molecule has 3 atom stereocenters. The molecule has 1 spiro atoms. The Morgan fingerprint density at radius 3 is 2.57 bits per heavy atom. The highest BCUT2D eigenvalue weighted by molar-refractivity contribution is 5.90. The van der Waals surface area contributed by atoms with Crippen LogP contribution in [0.1, 0.15) is 33.1 Å². The number of methoxy groups -OCH3 is 1. The lowest BCUT2D eigenvalue weighted by Crippen LogP contribution is -2.54. The Labute approximate surface area is 135 Å². The van der Waals surface area contributed by atoms with Gasteiger partial charge in [0, 0.05) is 13.0 Å². The van der Waals surface area contributed by atoms with E-state index in [1.807, 2.05) is 0 Å². The molecule has 8 heteroatoms. The Hall–Kier alpha value is -1.83. The Morgan fingerprint density at radius 2 is 2.09 bits per heavy atom. The number of carboxylic acids is 1. The predicted molar refractivity (Wildman–Crippen MR) is 79.8 cm³/mol. The average molecular weight is 328 g/mol. The van der Waals surface area contributed by atoms with Gasteiger partial charge in [-0.25, -0.2) is 9.59 Å². The molecule has 2 amide bonds. The number of hydrogen-bond donors (Lipinski definition) is 2. The van der Waals surface area contributed by atoms with Gasteiger partial charge in [0.1, 0.15) is 12.1 Å². The summed E-state index contributed by atoms with van der Waals surface area (Å²) in [6, 6.07) is -1.76. The number of ether oxygens (including phenoxy) is 2. The molecule has 2 fully saturated rings. The van der Waals surface area contributed by atoms with Crippen LogP contribution >= 0.6 is 0 Å². The molecule has 2 saturated heterocycles. The van der Waals surface area contributed by atoms with Crippen LogP contribution in [0, 0.1) is 5.92 Å². The molecule has 8 nitrogen and oxygen atoms in total. The van der Waals surface area contributed by atoms with Crippen molar-refractivity contribution in [1.82, 2.24) is 10.2 Å². The van der Waals surface area contributed by atoms with Crippen molar-refractivity contribution in [2.45, 2.75) is 50.8 Å². The molecule has 0 bridgehead atoms. The van der Waals surface area contributed by atoms with Crippen LogP contribution in [0.5, 0.6) is 0 Å². The summed E-state index contributed by atoms with van der Waals surface area (Å²) in [5.41, 5.74) is -0.564. The van der Waals surface area contributed by atoms with Crippen LogP contribution in [-0.4, -0.2) is 65.9 Å². The largest absolute Gasteiger partial charge is 0.480 e. The first-order valence-electron chi connectivity index (χ1n) is 7.81. The molecule has 0 saturated carbocycles. The van der Waals surface area contributed by atoms with Gasteiger partial charge in [-0.1, -0.05) is 13.8 Å². The molecular weight excluding hydrogens is 304 g/mol. The number of carbonyl (C=O) groups excluding carboxylic acids is 2. The fraction of sp³-hybridized carbons (Fsp3) is 0.800. The molecule has 0 radical (unpaired) electrons. The number of hydrogen-bond acceptors (Lipinski definition) is 5. The van der Waals surface area contributed by atoms with Crippen LogP contribution in [0.4, 0.5) is 4.79 Å². The van der Waals surface area contributed by atoms with E-state index in [2.05, 4.69) is 10.1 Å². The molecule has 23 heavy (non-hydrogen) atoms. The number of rotatable bonds is 4. The van der Waals surface area contributed by atoms with Gasteiger partial charge in [0.15, 0.2) is 0 Å². The summed E-state index contributed by atoms with van der Waals surface area (Å²) in [7, 11) is 1.22. The summed E-state index contributed by atoms with van der Waals surface area (Å²) < 4.78 is 10.3. The number of amides is 2. The van der Waals surface area contributed by atoms with Gasteiger partial charge >= 0.3 is 12.1 Å². The van der Waals surface area contributed by atoms with Crippen molar-refractivity contribution in [1.29, 1.82) is 0 Å². The van der Waals surface area contributed by atoms with Crippen molar-refractivity contribution < 1.29 is 29.0 Å². The molecule has 2 rings (SSSR count). The van der Waals surface area contributed by atoms with Gasteiger partial charge in [-0.2, -0.15) is 0 Å². The van der Waals surface area contributed by atoms with Crippen LogP contribution < -0.4 is 5.32 Å². The number of carboxylic acid groups (broad SMARTS) is 1. The van der Waals surface area contributed by atoms with Gasteiger partial charge in [0.25, 0.3) is 0 Å². The molecule has 0 aliphatic carbocycles. The maximum atomic E-state index is 12.8. The third-order valence-electron chi connectivity index (χ3n) is 4.54. The Balaban J connectivity index is 2.19. The second-order valence-corrected chi connectivity index (χ2v) is 6.52. The SMILES string of the molecule is COC(=O)NC(C(=O)N1CC2(CCCO2)C[C@H]1C(=O)O)C(C)C. The molecule has 2 N–H and O–H groups in total. The lowest BCUT2D eigenvalue weighted by Gasteiger charge is -2.29. The third-order valence-corrected chi connectivity index (χ3v) is 4.54. The average Bonchev–Trinajstić information content (AvgIpc) is 3.11. The summed E-state index contributed by atoms with van der Waals surface area (Å²) in [5.74, 6) is -1.66. The second kappa shape index (κ2) is 6.74. The second-order valence-electron chi connectivity index (χ2n) is 6.52. The predicted octanol–water partition coefficient (Wildman–Crippen LogP) is 0.602. The summed E-state index contributed by atoms with van der Waals surface area (Å²) in [6.45, 7) is 4.40. The normalized spacial score (nSPS) is 28.2. The number of aliphatic carboxylic acids is 1. The van der Waals surface area contributed by atoms with E-state index < -0.39 is 35.7 Å². The van der Waals surface area contributed by atoms with Crippen LogP contribution in [0.15, 0.2) is 0 Å².